The minimum Gasteiger partial charge on any atom is -0.507 e. The van der Waals surface area contributed by atoms with Crippen LogP contribution in [0.25, 0.3) is 10.8 Å². The molecular weight excluding hydrogens is 188 g/mol. The summed E-state index contributed by atoms with van der Waals surface area (Å²) in [6, 6.07) is 11.2. The van der Waals surface area contributed by atoms with E-state index in [4.69, 9.17) is 4.74 Å². The zero-order valence-electron chi connectivity index (χ0n) is 9.32. The number of fused-ring (bicyclic) bond motifs is 1. The molecule has 2 aromatic carbocycles. The van der Waals surface area contributed by atoms with Gasteiger partial charge in [-0.25, -0.2) is 0 Å². The van der Waals surface area contributed by atoms with E-state index in [1.54, 1.807) is 13.2 Å². The van der Waals surface area contributed by atoms with Crippen molar-refractivity contribution >= 4 is 10.8 Å². The van der Waals surface area contributed by atoms with Crippen molar-refractivity contribution in [2.24, 2.45) is 0 Å². The maximum absolute atomic E-state index is 9.60. The van der Waals surface area contributed by atoms with E-state index >= 15 is 0 Å². The van der Waals surface area contributed by atoms with Crippen molar-refractivity contribution in [1.82, 2.24) is 0 Å². The lowest BCUT2D eigenvalue weighted by Crippen LogP contribution is -1.82. The normalized spacial score (nSPS) is 9.27. The Morgan fingerprint density at radius 1 is 1.07 bits per heavy atom. The van der Waals surface area contributed by atoms with Crippen molar-refractivity contribution in [3.63, 3.8) is 0 Å². The van der Waals surface area contributed by atoms with Gasteiger partial charge in [0.1, 0.15) is 11.5 Å². The van der Waals surface area contributed by atoms with Crippen LogP contribution in [0.1, 0.15) is 13.8 Å². The molecule has 0 spiro atoms. The van der Waals surface area contributed by atoms with Crippen molar-refractivity contribution in [1.29, 1.82) is 0 Å². The average Bonchev–Trinajstić information content (AvgIpc) is 2.31. The molecule has 0 bridgehead atoms. The summed E-state index contributed by atoms with van der Waals surface area (Å²) >= 11 is 0. The Balaban J connectivity index is 0.000000531. The van der Waals surface area contributed by atoms with Gasteiger partial charge in [0.25, 0.3) is 0 Å². The molecule has 0 amide bonds. The van der Waals surface area contributed by atoms with E-state index in [9.17, 15) is 5.11 Å². The Bertz CT molecular complexity index is 435. The molecule has 0 fully saturated rings. The molecule has 0 aliphatic carbocycles. The highest BCUT2D eigenvalue weighted by atomic mass is 16.5. The first-order chi connectivity index (χ1) is 7.31. The summed E-state index contributed by atoms with van der Waals surface area (Å²) in [6.45, 7) is 4.00. The molecule has 0 radical (unpaired) electrons. The van der Waals surface area contributed by atoms with Crippen LogP contribution in [-0.2, 0) is 0 Å². The summed E-state index contributed by atoms with van der Waals surface area (Å²) in [5, 5.41) is 11.4. The van der Waals surface area contributed by atoms with Gasteiger partial charge in [-0.05, 0) is 11.5 Å². The highest BCUT2D eigenvalue weighted by molar-refractivity contribution is 5.89. The molecule has 0 atom stereocenters. The third-order valence-electron chi connectivity index (χ3n) is 2.05. The van der Waals surface area contributed by atoms with Gasteiger partial charge < -0.3 is 9.84 Å². The Labute approximate surface area is 90.1 Å². The number of aromatic hydroxyl groups is 1. The number of hydrogen-bond acceptors (Lipinski definition) is 2. The van der Waals surface area contributed by atoms with Gasteiger partial charge in [-0.15, -0.1) is 0 Å². The predicted octanol–water partition coefficient (Wildman–Crippen LogP) is 3.58. The minimum absolute atomic E-state index is 0.259. The Morgan fingerprint density at radius 2 is 1.73 bits per heavy atom. The number of benzene rings is 2. The molecule has 2 nitrogen and oxygen atoms in total. The van der Waals surface area contributed by atoms with Crippen LogP contribution in [0.3, 0.4) is 0 Å². The largest absolute Gasteiger partial charge is 0.507 e. The van der Waals surface area contributed by atoms with Crippen LogP contribution in [-0.4, -0.2) is 12.2 Å². The molecule has 0 saturated carbocycles. The lowest BCUT2D eigenvalue weighted by atomic mass is 10.1. The second-order valence-electron chi connectivity index (χ2n) is 2.87. The van der Waals surface area contributed by atoms with E-state index in [2.05, 4.69) is 0 Å². The average molecular weight is 204 g/mol. The number of phenols is 1. The summed E-state index contributed by atoms with van der Waals surface area (Å²) in [5.41, 5.74) is 0. The molecule has 0 aliphatic heterocycles. The number of ether oxygens (including phenoxy) is 1. The summed E-state index contributed by atoms with van der Waals surface area (Å²) in [7, 11) is 1.59. The predicted molar refractivity (Wildman–Crippen MR) is 63.5 cm³/mol. The molecule has 80 valence electrons. The van der Waals surface area contributed by atoms with Crippen molar-refractivity contribution < 1.29 is 9.84 Å². The van der Waals surface area contributed by atoms with Crippen LogP contribution in [0.5, 0.6) is 11.5 Å². The quantitative estimate of drug-likeness (QED) is 0.769. The molecule has 1 N–H and O–H groups in total. The lowest BCUT2D eigenvalue weighted by Gasteiger charge is -2.04. The number of rotatable bonds is 1. The van der Waals surface area contributed by atoms with Crippen LogP contribution in [0.4, 0.5) is 0 Å². The first kappa shape index (κ1) is 11.4. The molecule has 2 heteroatoms. The van der Waals surface area contributed by atoms with E-state index in [1.807, 2.05) is 44.2 Å². The van der Waals surface area contributed by atoms with E-state index in [-0.39, 0.29) is 5.75 Å². The second kappa shape index (κ2) is 5.25. The molecular formula is C13H16O2. The van der Waals surface area contributed by atoms with Gasteiger partial charge in [0.2, 0.25) is 0 Å². The van der Waals surface area contributed by atoms with Crippen molar-refractivity contribution in [2.45, 2.75) is 13.8 Å². The lowest BCUT2D eigenvalue weighted by molar-refractivity contribution is 0.409. The highest BCUT2D eigenvalue weighted by Crippen LogP contribution is 2.29. The van der Waals surface area contributed by atoms with Gasteiger partial charge >= 0.3 is 0 Å². The molecule has 0 aliphatic rings. The zero-order valence-corrected chi connectivity index (χ0v) is 9.32. The van der Waals surface area contributed by atoms with Crippen molar-refractivity contribution in [3.8, 4) is 11.5 Å². The number of methoxy groups -OCH3 is 1. The zero-order chi connectivity index (χ0) is 11.3. The van der Waals surface area contributed by atoms with Crippen molar-refractivity contribution in [3.05, 3.63) is 36.4 Å². The monoisotopic (exact) mass is 204 g/mol. The molecule has 0 heterocycles. The Morgan fingerprint density at radius 3 is 2.40 bits per heavy atom. The van der Waals surface area contributed by atoms with E-state index < -0.39 is 0 Å². The van der Waals surface area contributed by atoms with Crippen LogP contribution < -0.4 is 4.74 Å². The van der Waals surface area contributed by atoms with Gasteiger partial charge in [0.05, 0.1) is 7.11 Å². The fraction of sp³-hybridized carbons (Fsp3) is 0.231. The van der Waals surface area contributed by atoms with Crippen LogP contribution in [0.2, 0.25) is 0 Å². The minimum atomic E-state index is 0.259. The first-order valence-corrected chi connectivity index (χ1v) is 5.07. The molecule has 2 aromatic rings. The van der Waals surface area contributed by atoms with Crippen LogP contribution in [0.15, 0.2) is 36.4 Å². The summed E-state index contributed by atoms with van der Waals surface area (Å²) in [5.74, 6) is 0.936. The maximum atomic E-state index is 9.60. The molecule has 0 saturated heterocycles. The summed E-state index contributed by atoms with van der Waals surface area (Å²) in [6.07, 6.45) is 0. The van der Waals surface area contributed by atoms with Gasteiger partial charge in [0, 0.05) is 11.5 Å². The molecule has 2 rings (SSSR count). The SMILES string of the molecule is CC.COc1cc(O)c2ccccc2c1. The topological polar surface area (TPSA) is 29.5 Å². The smallest absolute Gasteiger partial charge is 0.127 e. The Kier molecular flexibility index (Phi) is 3.98. The summed E-state index contributed by atoms with van der Waals surface area (Å²) in [4.78, 5) is 0. The highest BCUT2D eigenvalue weighted by Gasteiger charge is 2.01. The fourth-order valence-corrected chi connectivity index (χ4v) is 1.38. The third-order valence-corrected chi connectivity index (χ3v) is 2.05. The standard InChI is InChI=1S/C11H10O2.C2H6/c1-13-9-6-8-4-2-3-5-10(8)11(12)7-9;1-2/h2-7,12H,1H3;1-2H3. The second-order valence-corrected chi connectivity index (χ2v) is 2.87. The van der Waals surface area contributed by atoms with E-state index in [0.717, 1.165) is 10.8 Å². The molecule has 0 unspecified atom stereocenters. The van der Waals surface area contributed by atoms with Gasteiger partial charge in [-0.2, -0.15) is 0 Å². The van der Waals surface area contributed by atoms with E-state index in [0.29, 0.717) is 5.75 Å². The summed E-state index contributed by atoms with van der Waals surface area (Å²) < 4.78 is 5.04. The van der Waals surface area contributed by atoms with Gasteiger partial charge in [-0.1, -0.05) is 38.1 Å². The fourth-order valence-electron chi connectivity index (χ4n) is 1.38. The maximum Gasteiger partial charge on any atom is 0.127 e. The number of phenolic OH excluding ortho intramolecular Hbond substituents is 1. The third kappa shape index (κ3) is 2.40. The molecule has 0 aromatic heterocycles. The first-order valence-electron chi connectivity index (χ1n) is 5.07. The van der Waals surface area contributed by atoms with Crippen LogP contribution in [0, 0.1) is 0 Å². The Hall–Kier alpha value is -1.70. The van der Waals surface area contributed by atoms with Gasteiger partial charge in [-0.3, -0.25) is 0 Å². The molecule has 15 heavy (non-hydrogen) atoms. The number of hydrogen-bond donors (Lipinski definition) is 1. The van der Waals surface area contributed by atoms with E-state index in [1.165, 1.54) is 0 Å². The van der Waals surface area contributed by atoms with Crippen molar-refractivity contribution in [2.75, 3.05) is 7.11 Å². The van der Waals surface area contributed by atoms with Crippen LogP contribution >= 0.6 is 0 Å². The van der Waals surface area contributed by atoms with Gasteiger partial charge in [0.15, 0.2) is 0 Å².